The largest absolute Gasteiger partial charge is 0.268 e. The van der Waals surface area contributed by atoms with Crippen LogP contribution in [0.2, 0.25) is 5.02 Å². The molecule has 0 fully saturated rings. The van der Waals surface area contributed by atoms with Crippen LogP contribution in [0.4, 0.5) is 4.39 Å². The van der Waals surface area contributed by atoms with Crippen LogP contribution in [0.5, 0.6) is 0 Å². The van der Waals surface area contributed by atoms with Crippen LogP contribution in [0.1, 0.15) is 11.1 Å². The van der Waals surface area contributed by atoms with Gasteiger partial charge in [-0.15, -0.1) is 0 Å². The first-order valence-electron chi connectivity index (χ1n) is 7.44. The summed E-state index contributed by atoms with van der Waals surface area (Å²) >= 11 is 12.1. The number of aliphatic imine (C=N–C) groups is 1. The van der Waals surface area contributed by atoms with Gasteiger partial charge >= 0.3 is 0 Å². The molecule has 0 bridgehead atoms. The van der Waals surface area contributed by atoms with E-state index in [0.29, 0.717) is 17.1 Å². The normalized spacial score (nSPS) is 11.5. The maximum atomic E-state index is 13.8. The molecule has 0 radical (unpaired) electrons. The van der Waals surface area contributed by atoms with E-state index in [1.807, 2.05) is 48.5 Å². The number of halogens is 3. The monoisotopic (exact) mass is 357 g/mol. The van der Waals surface area contributed by atoms with Gasteiger partial charge in [0.2, 0.25) is 0 Å². The van der Waals surface area contributed by atoms with Gasteiger partial charge in [0.15, 0.2) is 0 Å². The molecule has 0 unspecified atom stereocenters. The van der Waals surface area contributed by atoms with Crippen molar-refractivity contribution in [1.82, 2.24) is 0 Å². The van der Waals surface area contributed by atoms with Crippen molar-refractivity contribution in [1.29, 1.82) is 0 Å². The molecule has 0 aliphatic carbocycles. The average molecular weight is 358 g/mol. The lowest BCUT2D eigenvalue weighted by Crippen LogP contribution is -1.97. The molecule has 0 saturated carbocycles. The highest BCUT2D eigenvalue weighted by atomic mass is 35.5. The summed E-state index contributed by atoms with van der Waals surface area (Å²) in [7, 11) is 0. The van der Waals surface area contributed by atoms with Crippen LogP contribution in [0.3, 0.4) is 0 Å². The Hall–Kier alpha value is -2.16. The molecule has 0 spiro atoms. The van der Waals surface area contributed by atoms with E-state index >= 15 is 0 Å². The second-order valence-corrected chi connectivity index (χ2v) is 6.05. The van der Waals surface area contributed by atoms with Crippen molar-refractivity contribution >= 4 is 28.4 Å². The summed E-state index contributed by atoms with van der Waals surface area (Å²) in [6.07, 6.45) is 0. The number of hydrogen-bond donors (Lipinski definition) is 0. The van der Waals surface area contributed by atoms with E-state index in [2.05, 4.69) is 4.99 Å². The first-order chi connectivity index (χ1) is 11.6. The zero-order chi connectivity index (χ0) is 16.9. The molecule has 0 amide bonds. The molecule has 1 nitrogen and oxygen atoms in total. The van der Waals surface area contributed by atoms with Gasteiger partial charge in [0, 0.05) is 10.6 Å². The summed E-state index contributed by atoms with van der Waals surface area (Å²) in [5.74, 6) is -0.378. The third-order valence-corrected chi connectivity index (χ3v) is 4.23. The molecule has 120 valence electrons. The zero-order valence-electron chi connectivity index (χ0n) is 12.7. The molecule has 3 aromatic carbocycles. The summed E-state index contributed by atoms with van der Waals surface area (Å²) in [6, 6.07) is 21.9. The molecule has 3 aromatic rings. The van der Waals surface area contributed by atoms with E-state index in [0.717, 1.165) is 16.7 Å². The van der Waals surface area contributed by atoms with Crippen molar-refractivity contribution in [2.75, 3.05) is 0 Å². The molecule has 4 heteroatoms. The van der Waals surface area contributed by atoms with E-state index in [1.165, 1.54) is 6.07 Å². The van der Waals surface area contributed by atoms with Crippen LogP contribution >= 0.6 is 23.2 Å². The van der Waals surface area contributed by atoms with Gasteiger partial charge in [0.25, 0.3) is 0 Å². The lowest BCUT2D eigenvalue weighted by molar-refractivity contribution is 0.625. The lowest BCUT2D eigenvalue weighted by Gasteiger charge is -2.08. The van der Waals surface area contributed by atoms with E-state index < -0.39 is 0 Å². The van der Waals surface area contributed by atoms with Gasteiger partial charge in [0.1, 0.15) is 11.0 Å². The summed E-state index contributed by atoms with van der Waals surface area (Å²) in [5.41, 5.74) is 3.42. The molecule has 0 aliphatic rings. The number of rotatable bonds is 4. The fourth-order valence-electron chi connectivity index (χ4n) is 2.44. The summed E-state index contributed by atoms with van der Waals surface area (Å²) in [4.78, 5) is 4.35. The zero-order valence-corrected chi connectivity index (χ0v) is 14.2. The molecule has 0 saturated heterocycles. The van der Waals surface area contributed by atoms with E-state index in [9.17, 15) is 4.39 Å². The highest BCUT2D eigenvalue weighted by Crippen LogP contribution is 2.26. The summed E-state index contributed by atoms with van der Waals surface area (Å²) in [6.45, 7) is 0.367. The van der Waals surface area contributed by atoms with Gasteiger partial charge in [-0.05, 0) is 41.0 Å². The lowest BCUT2D eigenvalue weighted by atomic mass is 10.00. The van der Waals surface area contributed by atoms with Gasteiger partial charge < -0.3 is 0 Å². The third-order valence-electron chi connectivity index (χ3n) is 3.66. The maximum absolute atomic E-state index is 13.8. The Morgan fingerprint density at radius 1 is 0.875 bits per heavy atom. The van der Waals surface area contributed by atoms with E-state index in [-0.39, 0.29) is 11.0 Å². The minimum Gasteiger partial charge on any atom is -0.268 e. The standard InChI is InChI=1S/C20H14Cl2FN/c21-16-11-9-14(10-12-16)17-6-2-1-5-15(17)13-24-20(22)18-7-3-4-8-19(18)23/h1-12H,13H2. The van der Waals surface area contributed by atoms with E-state index in [1.54, 1.807) is 18.2 Å². The van der Waals surface area contributed by atoms with Crippen molar-refractivity contribution < 1.29 is 4.39 Å². The fourth-order valence-corrected chi connectivity index (χ4v) is 2.78. The molecule has 0 aromatic heterocycles. The predicted molar refractivity (Wildman–Crippen MR) is 99.4 cm³/mol. The number of benzene rings is 3. The van der Waals surface area contributed by atoms with E-state index in [4.69, 9.17) is 23.2 Å². The SMILES string of the molecule is Fc1ccccc1C(Cl)=NCc1ccccc1-c1ccc(Cl)cc1. The molecular weight excluding hydrogens is 344 g/mol. The predicted octanol–water partition coefficient (Wildman–Crippen LogP) is 6.33. The fraction of sp³-hybridized carbons (Fsp3) is 0.0500. The highest BCUT2D eigenvalue weighted by Gasteiger charge is 2.08. The molecule has 0 atom stereocenters. The Balaban J connectivity index is 1.90. The molecular formula is C20H14Cl2FN. The van der Waals surface area contributed by atoms with Gasteiger partial charge in [-0.3, -0.25) is 4.99 Å². The topological polar surface area (TPSA) is 12.4 Å². The van der Waals surface area contributed by atoms with Crippen molar-refractivity contribution in [2.45, 2.75) is 6.54 Å². The highest BCUT2D eigenvalue weighted by molar-refractivity contribution is 6.69. The van der Waals surface area contributed by atoms with Gasteiger partial charge in [-0.1, -0.05) is 71.7 Å². The van der Waals surface area contributed by atoms with Crippen LogP contribution in [0.25, 0.3) is 11.1 Å². The maximum Gasteiger partial charge on any atom is 0.134 e. The minimum atomic E-state index is -0.378. The van der Waals surface area contributed by atoms with Crippen molar-refractivity contribution in [2.24, 2.45) is 4.99 Å². The Morgan fingerprint density at radius 3 is 2.29 bits per heavy atom. The Bertz CT molecular complexity index is 873. The molecule has 24 heavy (non-hydrogen) atoms. The number of hydrogen-bond acceptors (Lipinski definition) is 1. The van der Waals surface area contributed by atoms with Crippen LogP contribution in [-0.2, 0) is 6.54 Å². The van der Waals surface area contributed by atoms with Gasteiger partial charge in [0.05, 0.1) is 6.54 Å². The molecule has 0 heterocycles. The molecule has 3 rings (SSSR count). The first kappa shape index (κ1) is 16.7. The first-order valence-corrected chi connectivity index (χ1v) is 8.19. The number of nitrogens with zero attached hydrogens (tertiary/aromatic N) is 1. The van der Waals surface area contributed by atoms with Crippen molar-refractivity contribution in [3.8, 4) is 11.1 Å². The minimum absolute atomic E-state index is 0.166. The molecule has 0 N–H and O–H groups in total. The van der Waals surface area contributed by atoms with Crippen LogP contribution < -0.4 is 0 Å². The Kier molecular flexibility index (Phi) is 5.29. The molecule has 0 aliphatic heterocycles. The third kappa shape index (κ3) is 3.84. The van der Waals surface area contributed by atoms with Crippen LogP contribution in [0.15, 0.2) is 77.8 Å². The van der Waals surface area contributed by atoms with Crippen molar-refractivity contribution in [3.05, 3.63) is 94.8 Å². The van der Waals surface area contributed by atoms with Gasteiger partial charge in [-0.25, -0.2) is 4.39 Å². The van der Waals surface area contributed by atoms with Crippen LogP contribution in [0, 0.1) is 5.82 Å². The second kappa shape index (κ2) is 7.61. The smallest absolute Gasteiger partial charge is 0.134 e. The second-order valence-electron chi connectivity index (χ2n) is 5.25. The van der Waals surface area contributed by atoms with Gasteiger partial charge in [-0.2, -0.15) is 0 Å². The average Bonchev–Trinajstić information content (AvgIpc) is 2.61. The summed E-state index contributed by atoms with van der Waals surface area (Å²) < 4.78 is 13.8. The van der Waals surface area contributed by atoms with Crippen LogP contribution in [-0.4, -0.2) is 5.17 Å². The Morgan fingerprint density at radius 2 is 1.54 bits per heavy atom. The quantitative estimate of drug-likeness (QED) is 0.483. The van der Waals surface area contributed by atoms with Crippen molar-refractivity contribution in [3.63, 3.8) is 0 Å². The summed E-state index contributed by atoms with van der Waals surface area (Å²) in [5, 5.41) is 0.857. The Labute approximate surface area is 150 Å².